The Morgan fingerprint density at radius 2 is 1.60 bits per heavy atom. The van der Waals surface area contributed by atoms with Crippen LogP contribution in [0.2, 0.25) is 0 Å². The van der Waals surface area contributed by atoms with E-state index in [1.165, 1.54) is 32.2 Å². The number of rotatable bonds is 2. The molecule has 0 bridgehead atoms. The van der Waals surface area contributed by atoms with Crippen molar-refractivity contribution in [2.45, 2.75) is 34.6 Å². The van der Waals surface area contributed by atoms with Crippen LogP contribution in [0.1, 0.15) is 29.2 Å². The first-order chi connectivity index (χ1) is 6.93. The van der Waals surface area contributed by atoms with Crippen molar-refractivity contribution >= 4 is 9.04 Å². The van der Waals surface area contributed by atoms with Gasteiger partial charge in [0.2, 0.25) is 0 Å². The molecule has 0 heterocycles. The first kappa shape index (κ1) is 12.7. The predicted octanol–water partition coefficient (Wildman–Crippen LogP) is 2.11. The van der Waals surface area contributed by atoms with Crippen molar-refractivity contribution in [2.75, 3.05) is 0 Å². The van der Waals surface area contributed by atoms with Gasteiger partial charge in [0.25, 0.3) is 0 Å². The molecule has 3 heteroatoms. The molecule has 0 unspecified atom stereocenters. The zero-order chi connectivity index (χ0) is 11.6. The van der Waals surface area contributed by atoms with Gasteiger partial charge in [-0.3, -0.25) is 0 Å². The predicted molar refractivity (Wildman–Crippen MR) is 56.8 cm³/mol. The summed E-state index contributed by atoms with van der Waals surface area (Å²) in [5, 5.41) is 0. The van der Waals surface area contributed by atoms with E-state index in [4.69, 9.17) is 2.64 Å². The molecule has 78 valence electrons. The molecular formula is C12H16HgO2. The van der Waals surface area contributed by atoms with Crippen LogP contribution >= 0.6 is 0 Å². The van der Waals surface area contributed by atoms with E-state index in [0.29, 0.717) is 0 Å². The summed E-state index contributed by atoms with van der Waals surface area (Å²) >= 11 is -1.69. The molecule has 0 amide bonds. The molecule has 0 radical (unpaired) electrons. The van der Waals surface area contributed by atoms with Crippen LogP contribution < -0.4 is 3.07 Å². The molecule has 1 aromatic carbocycles. The van der Waals surface area contributed by atoms with E-state index in [2.05, 4.69) is 33.8 Å². The van der Waals surface area contributed by atoms with Crippen molar-refractivity contribution in [3.8, 4) is 0 Å². The second-order valence-electron chi connectivity index (χ2n) is 4.02. The van der Waals surface area contributed by atoms with Gasteiger partial charge in [0.05, 0.1) is 0 Å². The number of benzene rings is 1. The van der Waals surface area contributed by atoms with Crippen LogP contribution in [-0.2, 0) is 32.5 Å². The minimum absolute atomic E-state index is 0.130. The van der Waals surface area contributed by atoms with Crippen molar-refractivity contribution in [3.05, 3.63) is 28.3 Å². The van der Waals surface area contributed by atoms with Crippen molar-refractivity contribution < 1.29 is 32.5 Å². The Hall–Kier alpha value is -0.375. The van der Waals surface area contributed by atoms with Crippen LogP contribution in [-0.4, -0.2) is 5.97 Å². The first-order valence-corrected chi connectivity index (χ1v) is 10.1. The summed E-state index contributed by atoms with van der Waals surface area (Å²) in [6, 6.07) is 2.20. The van der Waals surface area contributed by atoms with Gasteiger partial charge in [0, 0.05) is 0 Å². The molecule has 1 rings (SSSR count). The monoisotopic (exact) mass is 394 g/mol. The fourth-order valence-electron chi connectivity index (χ4n) is 1.69. The molecule has 0 aliphatic rings. The molecule has 0 spiro atoms. The molecule has 0 fully saturated rings. The summed E-state index contributed by atoms with van der Waals surface area (Å²) < 4.78 is 6.65. The van der Waals surface area contributed by atoms with Crippen LogP contribution in [0.15, 0.2) is 6.07 Å². The molecular weight excluding hydrogens is 377 g/mol. The molecule has 0 aliphatic heterocycles. The second kappa shape index (κ2) is 5.11. The first-order valence-electron chi connectivity index (χ1n) is 5.13. The normalized spacial score (nSPS) is 9.67. The van der Waals surface area contributed by atoms with Gasteiger partial charge in [-0.15, -0.1) is 0 Å². The Bertz CT molecular complexity index is 371. The Kier molecular flexibility index (Phi) is 4.32. The van der Waals surface area contributed by atoms with E-state index >= 15 is 0 Å². The number of hydrogen-bond donors (Lipinski definition) is 0. The van der Waals surface area contributed by atoms with Crippen LogP contribution in [0.3, 0.4) is 0 Å². The number of carbonyl (C=O) groups is 1. The zero-order valence-electron chi connectivity index (χ0n) is 10.1. The maximum absolute atomic E-state index is 10.8. The Labute approximate surface area is 104 Å². The Balaban J connectivity index is 3.09. The summed E-state index contributed by atoms with van der Waals surface area (Å²) in [5.74, 6) is -0.130. The third-order valence-corrected chi connectivity index (χ3v) is 10.3. The molecule has 0 aromatic heterocycles. The number of carbonyl (C=O) groups excluding carboxylic acids is 1. The van der Waals surface area contributed by atoms with E-state index in [0.717, 1.165) is 0 Å². The topological polar surface area (TPSA) is 26.3 Å². The molecule has 0 aliphatic carbocycles. The van der Waals surface area contributed by atoms with Gasteiger partial charge in [-0.05, 0) is 0 Å². The van der Waals surface area contributed by atoms with Gasteiger partial charge < -0.3 is 0 Å². The van der Waals surface area contributed by atoms with Gasteiger partial charge in [-0.1, -0.05) is 0 Å². The zero-order valence-corrected chi connectivity index (χ0v) is 15.6. The van der Waals surface area contributed by atoms with Crippen molar-refractivity contribution in [1.82, 2.24) is 0 Å². The average molecular weight is 393 g/mol. The van der Waals surface area contributed by atoms with Gasteiger partial charge in [-0.25, -0.2) is 0 Å². The third-order valence-electron chi connectivity index (χ3n) is 2.94. The fraction of sp³-hybridized carbons (Fsp3) is 0.417. The van der Waals surface area contributed by atoms with Crippen molar-refractivity contribution in [2.24, 2.45) is 0 Å². The average Bonchev–Trinajstić information content (AvgIpc) is 2.14. The van der Waals surface area contributed by atoms with Crippen LogP contribution in [0.5, 0.6) is 0 Å². The standard InChI is InChI=1S/C10H13.C2H4O2.Hg/c1-7-5-9(3)10(4)6-8(7)2;1-2(3)4;/h5H,1-4H3;1H3,(H,3,4);/q;;+1/p-1. The van der Waals surface area contributed by atoms with Gasteiger partial charge in [0.1, 0.15) is 0 Å². The van der Waals surface area contributed by atoms with E-state index in [1.807, 2.05) is 0 Å². The van der Waals surface area contributed by atoms with Crippen LogP contribution in [0.25, 0.3) is 0 Å². The van der Waals surface area contributed by atoms with Crippen LogP contribution in [0.4, 0.5) is 0 Å². The van der Waals surface area contributed by atoms with E-state index < -0.39 is 25.0 Å². The molecule has 0 saturated heterocycles. The quantitative estimate of drug-likeness (QED) is 0.721. The maximum atomic E-state index is 10.8. The Morgan fingerprint density at radius 3 is 2.00 bits per heavy atom. The number of aryl methyl sites for hydroxylation is 2. The summed E-state index contributed by atoms with van der Waals surface area (Å²) in [7, 11) is 0. The number of hydrogen-bond acceptors (Lipinski definition) is 2. The molecule has 0 N–H and O–H groups in total. The Morgan fingerprint density at radius 1 is 1.13 bits per heavy atom. The third kappa shape index (κ3) is 3.04. The molecule has 0 saturated carbocycles. The molecule has 0 atom stereocenters. The van der Waals surface area contributed by atoms with E-state index in [1.54, 1.807) is 0 Å². The van der Waals surface area contributed by atoms with Gasteiger partial charge in [-0.2, -0.15) is 0 Å². The van der Waals surface area contributed by atoms with Gasteiger partial charge in [0.15, 0.2) is 0 Å². The minimum atomic E-state index is -1.69. The fourth-order valence-corrected chi connectivity index (χ4v) is 6.89. The molecule has 15 heavy (non-hydrogen) atoms. The van der Waals surface area contributed by atoms with E-state index in [9.17, 15) is 4.79 Å². The second-order valence-corrected chi connectivity index (χ2v) is 9.01. The van der Waals surface area contributed by atoms with Crippen molar-refractivity contribution in [1.29, 1.82) is 0 Å². The summed E-state index contributed by atoms with van der Waals surface area (Å²) in [5.41, 5.74) is 5.25. The van der Waals surface area contributed by atoms with Crippen molar-refractivity contribution in [3.63, 3.8) is 0 Å². The summed E-state index contributed by atoms with van der Waals surface area (Å²) in [6.45, 7) is 9.98. The van der Waals surface area contributed by atoms with Gasteiger partial charge >= 0.3 is 104 Å². The SMILES string of the molecule is CC(=O)[O][Hg][c]1c(C)c(C)cc(C)c1C. The van der Waals surface area contributed by atoms with E-state index in [-0.39, 0.29) is 5.97 Å². The molecule has 1 aromatic rings. The summed E-state index contributed by atoms with van der Waals surface area (Å²) in [6.07, 6.45) is 0. The van der Waals surface area contributed by atoms with Crippen LogP contribution in [0, 0.1) is 27.7 Å². The molecule has 2 nitrogen and oxygen atoms in total. The summed E-state index contributed by atoms with van der Waals surface area (Å²) in [4.78, 5) is 10.8.